The SMILES string of the molecule is Cn1c(=O)n(C)c2cc(C(=O)C3CC4CCC3C4)ccc21. The zero-order valence-corrected chi connectivity index (χ0v) is 12.5. The minimum absolute atomic E-state index is 0.0467. The number of aryl methyl sites for hydroxylation is 2. The molecule has 3 atom stereocenters. The number of Topliss-reactive ketones (excluding diaryl/α,β-unsaturated/α-hetero) is 1. The van der Waals surface area contributed by atoms with Gasteiger partial charge in [0.05, 0.1) is 11.0 Å². The normalized spacial score (nSPS) is 27.6. The number of benzene rings is 1. The van der Waals surface area contributed by atoms with Gasteiger partial charge in [-0.2, -0.15) is 0 Å². The van der Waals surface area contributed by atoms with E-state index >= 15 is 0 Å². The second-order valence-electron chi connectivity index (χ2n) is 6.75. The Morgan fingerprint density at radius 2 is 1.86 bits per heavy atom. The molecule has 0 radical (unpaired) electrons. The molecule has 3 unspecified atom stereocenters. The Morgan fingerprint density at radius 3 is 2.52 bits per heavy atom. The van der Waals surface area contributed by atoms with E-state index < -0.39 is 0 Å². The van der Waals surface area contributed by atoms with E-state index in [2.05, 4.69) is 0 Å². The van der Waals surface area contributed by atoms with Gasteiger partial charge in [-0.3, -0.25) is 13.9 Å². The first kappa shape index (κ1) is 12.9. The number of carbonyl (C=O) groups is 1. The Hall–Kier alpha value is -1.84. The number of nitrogens with zero attached hydrogens (tertiary/aromatic N) is 2. The first-order valence-electron chi connectivity index (χ1n) is 7.76. The van der Waals surface area contributed by atoms with Gasteiger partial charge in [0.15, 0.2) is 5.78 Å². The zero-order chi connectivity index (χ0) is 14.7. The highest BCUT2D eigenvalue weighted by Gasteiger charge is 2.43. The van der Waals surface area contributed by atoms with Gasteiger partial charge < -0.3 is 0 Å². The monoisotopic (exact) mass is 284 g/mol. The number of carbonyl (C=O) groups excluding carboxylic acids is 1. The van der Waals surface area contributed by atoms with Gasteiger partial charge in [0, 0.05) is 25.6 Å². The number of ketones is 1. The Kier molecular flexibility index (Phi) is 2.65. The van der Waals surface area contributed by atoms with Crippen LogP contribution in [0.25, 0.3) is 11.0 Å². The smallest absolute Gasteiger partial charge is 0.295 e. The number of fused-ring (bicyclic) bond motifs is 3. The van der Waals surface area contributed by atoms with Gasteiger partial charge in [-0.05, 0) is 49.3 Å². The number of aromatic nitrogens is 2. The third-order valence-electron chi connectivity index (χ3n) is 5.63. The van der Waals surface area contributed by atoms with Crippen LogP contribution in [0.15, 0.2) is 23.0 Å². The quantitative estimate of drug-likeness (QED) is 0.795. The average molecular weight is 284 g/mol. The van der Waals surface area contributed by atoms with Gasteiger partial charge in [0.1, 0.15) is 0 Å². The molecule has 1 aromatic heterocycles. The zero-order valence-electron chi connectivity index (χ0n) is 12.5. The average Bonchev–Trinajstić information content (AvgIpc) is 3.18. The fourth-order valence-electron chi connectivity index (χ4n) is 4.44. The van der Waals surface area contributed by atoms with Crippen molar-refractivity contribution in [3.63, 3.8) is 0 Å². The molecule has 21 heavy (non-hydrogen) atoms. The van der Waals surface area contributed by atoms with Gasteiger partial charge in [-0.25, -0.2) is 4.79 Å². The van der Waals surface area contributed by atoms with Crippen LogP contribution in [-0.2, 0) is 14.1 Å². The molecule has 0 N–H and O–H groups in total. The van der Waals surface area contributed by atoms with Crippen molar-refractivity contribution < 1.29 is 4.79 Å². The maximum Gasteiger partial charge on any atom is 0.328 e. The first-order chi connectivity index (χ1) is 10.1. The van der Waals surface area contributed by atoms with Gasteiger partial charge >= 0.3 is 5.69 Å². The molecule has 1 aromatic carbocycles. The minimum atomic E-state index is -0.0467. The highest BCUT2D eigenvalue weighted by molar-refractivity contribution is 6.00. The summed E-state index contributed by atoms with van der Waals surface area (Å²) in [7, 11) is 3.53. The summed E-state index contributed by atoms with van der Waals surface area (Å²) >= 11 is 0. The van der Waals surface area contributed by atoms with Crippen LogP contribution in [0.3, 0.4) is 0 Å². The second kappa shape index (κ2) is 4.33. The molecule has 0 amide bonds. The molecule has 0 aliphatic heterocycles. The summed E-state index contributed by atoms with van der Waals surface area (Å²) in [5.74, 6) is 1.86. The third kappa shape index (κ3) is 1.74. The second-order valence-corrected chi connectivity index (χ2v) is 6.75. The van der Waals surface area contributed by atoms with Crippen molar-refractivity contribution in [1.82, 2.24) is 9.13 Å². The van der Waals surface area contributed by atoms with Crippen LogP contribution in [0.2, 0.25) is 0 Å². The molecule has 0 spiro atoms. The summed E-state index contributed by atoms with van der Waals surface area (Å²) in [6.45, 7) is 0. The molecule has 2 saturated carbocycles. The summed E-state index contributed by atoms with van der Waals surface area (Å²) in [5.41, 5.74) is 2.44. The van der Waals surface area contributed by atoms with Gasteiger partial charge in [0.25, 0.3) is 0 Å². The van der Waals surface area contributed by atoms with E-state index in [9.17, 15) is 9.59 Å². The van der Waals surface area contributed by atoms with Gasteiger partial charge in [0.2, 0.25) is 0 Å². The van der Waals surface area contributed by atoms with E-state index in [-0.39, 0.29) is 17.4 Å². The molecule has 1 heterocycles. The summed E-state index contributed by atoms with van der Waals surface area (Å²) in [6.07, 6.45) is 4.82. The Labute approximate surface area is 123 Å². The summed E-state index contributed by atoms with van der Waals surface area (Å²) in [5, 5.41) is 0. The standard InChI is InChI=1S/C17H20N2O2/c1-18-14-6-5-12(9-15(14)19(2)17(18)21)16(20)13-8-10-3-4-11(13)7-10/h5-6,9-11,13H,3-4,7-8H2,1-2H3. The van der Waals surface area contributed by atoms with Crippen LogP contribution < -0.4 is 5.69 Å². The number of imidazole rings is 1. The molecule has 4 rings (SSSR count). The number of hydrogen-bond acceptors (Lipinski definition) is 2. The lowest BCUT2D eigenvalue weighted by Gasteiger charge is -2.20. The molecule has 4 heteroatoms. The fourth-order valence-corrected chi connectivity index (χ4v) is 4.44. The van der Waals surface area contributed by atoms with Crippen molar-refractivity contribution in [2.75, 3.05) is 0 Å². The van der Waals surface area contributed by atoms with Crippen LogP contribution >= 0.6 is 0 Å². The molecular formula is C17H20N2O2. The fraction of sp³-hybridized carbons (Fsp3) is 0.529. The Morgan fingerprint density at radius 1 is 1.10 bits per heavy atom. The minimum Gasteiger partial charge on any atom is -0.295 e. The molecule has 2 aromatic rings. The van der Waals surface area contributed by atoms with Crippen molar-refractivity contribution >= 4 is 16.8 Å². The molecule has 0 saturated heterocycles. The van der Waals surface area contributed by atoms with Crippen LogP contribution in [0.4, 0.5) is 0 Å². The van der Waals surface area contributed by atoms with Gasteiger partial charge in [-0.1, -0.05) is 6.42 Å². The lowest BCUT2D eigenvalue weighted by atomic mass is 9.83. The maximum atomic E-state index is 12.8. The molecule has 2 fully saturated rings. The van der Waals surface area contributed by atoms with Crippen molar-refractivity contribution in [3.8, 4) is 0 Å². The van der Waals surface area contributed by atoms with Crippen molar-refractivity contribution in [1.29, 1.82) is 0 Å². The lowest BCUT2D eigenvalue weighted by molar-refractivity contribution is 0.0875. The number of rotatable bonds is 2. The predicted molar refractivity (Wildman–Crippen MR) is 81.4 cm³/mol. The van der Waals surface area contributed by atoms with Crippen LogP contribution in [0, 0.1) is 17.8 Å². The van der Waals surface area contributed by atoms with E-state index in [1.807, 2.05) is 18.2 Å². The number of hydrogen-bond donors (Lipinski definition) is 0. The van der Waals surface area contributed by atoms with E-state index in [1.54, 1.807) is 23.2 Å². The highest BCUT2D eigenvalue weighted by atomic mass is 16.1. The first-order valence-corrected chi connectivity index (χ1v) is 7.76. The molecule has 2 aliphatic carbocycles. The maximum absolute atomic E-state index is 12.8. The van der Waals surface area contributed by atoms with Crippen molar-refractivity contribution in [2.45, 2.75) is 25.7 Å². The predicted octanol–water partition coefficient (Wildman–Crippen LogP) is 2.50. The Bertz CT molecular complexity index is 799. The van der Waals surface area contributed by atoms with E-state index in [0.717, 1.165) is 28.9 Å². The van der Waals surface area contributed by atoms with Crippen LogP contribution in [-0.4, -0.2) is 14.9 Å². The summed E-state index contributed by atoms with van der Waals surface area (Å²) in [6, 6.07) is 5.68. The van der Waals surface area contributed by atoms with Crippen LogP contribution in [0.5, 0.6) is 0 Å². The van der Waals surface area contributed by atoms with Crippen molar-refractivity contribution in [3.05, 3.63) is 34.2 Å². The molecule has 2 bridgehead atoms. The van der Waals surface area contributed by atoms with Crippen molar-refractivity contribution in [2.24, 2.45) is 31.8 Å². The summed E-state index contributed by atoms with van der Waals surface area (Å²) in [4.78, 5) is 24.8. The van der Waals surface area contributed by atoms with E-state index in [4.69, 9.17) is 0 Å². The summed E-state index contributed by atoms with van der Waals surface area (Å²) < 4.78 is 3.24. The largest absolute Gasteiger partial charge is 0.328 e. The molecular weight excluding hydrogens is 264 g/mol. The van der Waals surface area contributed by atoms with E-state index in [1.165, 1.54) is 19.3 Å². The van der Waals surface area contributed by atoms with Crippen LogP contribution in [0.1, 0.15) is 36.0 Å². The molecule has 4 nitrogen and oxygen atoms in total. The lowest BCUT2D eigenvalue weighted by Crippen LogP contribution is -2.21. The molecule has 110 valence electrons. The molecule has 2 aliphatic rings. The highest BCUT2D eigenvalue weighted by Crippen LogP contribution is 2.49. The Balaban J connectivity index is 1.75. The van der Waals surface area contributed by atoms with Gasteiger partial charge in [-0.15, -0.1) is 0 Å². The topological polar surface area (TPSA) is 44.0 Å². The van der Waals surface area contributed by atoms with E-state index in [0.29, 0.717) is 5.92 Å². The third-order valence-corrected chi connectivity index (χ3v) is 5.63.